The van der Waals surface area contributed by atoms with Crippen molar-refractivity contribution in [2.45, 2.75) is 32.9 Å². The molecular weight excluding hydrogens is 474 g/mol. The van der Waals surface area contributed by atoms with Gasteiger partial charge in [0, 0.05) is 11.2 Å². The molecule has 0 aliphatic carbocycles. The van der Waals surface area contributed by atoms with E-state index in [0.29, 0.717) is 21.9 Å². The number of hydrogen-bond acceptors (Lipinski definition) is 5. The highest BCUT2D eigenvalue weighted by Crippen LogP contribution is 2.29. The predicted molar refractivity (Wildman–Crippen MR) is 133 cm³/mol. The highest BCUT2D eigenvalue weighted by atomic mass is 35.5. The molecule has 0 saturated carbocycles. The van der Waals surface area contributed by atoms with Crippen LogP contribution in [0.4, 0.5) is 10.5 Å². The standard InChI is InChI=1S/C25H26ClN3O6/c1-14-15(2)21(35-3)9-8-17(14)19(12-22(31)32)27-25(34)28-23-20(30)10-11-29(24(23)33)13-16-6-4-5-7-18(16)26/h4-11,19,30H,12-13H2,1-3H3,(H,31,32)(H2,27,28,34)/t19-/m0/s1. The Labute approximate surface area is 206 Å². The summed E-state index contributed by atoms with van der Waals surface area (Å²) in [4.78, 5) is 37.3. The van der Waals surface area contributed by atoms with Crippen LogP contribution in [0.5, 0.6) is 11.5 Å². The van der Waals surface area contributed by atoms with Crippen molar-refractivity contribution in [1.82, 2.24) is 9.88 Å². The molecule has 10 heteroatoms. The minimum atomic E-state index is -1.12. The van der Waals surface area contributed by atoms with E-state index in [9.17, 15) is 24.6 Å². The van der Waals surface area contributed by atoms with Crippen molar-refractivity contribution in [3.05, 3.63) is 86.3 Å². The summed E-state index contributed by atoms with van der Waals surface area (Å²) in [5.41, 5.74) is 1.87. The summed E-state index contributed by atoms with van der Waals surface area (Å²) < 4.78 is 6.59. The van der Waals surface area contributed by atoms with Crippen LogP contribution in [0.25, 0.3) is 0 Å². The van der Waals surface area contributed by atoms with Crippen LogP contribution in [0.3, 0.4) is 0 Å². The Hall–Kier alpha value is -3.98. The first kappa shape index (κ1) is 25.6. The van der Waals surface area contributed by atoms with Crippen molar-refractivity contribution in [3.8, 4) is 11.5 Å². The van der Waals surface area contributed by atoms with Gasteiger partial charge in [0.15, 0.2) is 5.69 Å². The number of urea groups is 1. The van der Waals surface area contributed by atoms with E-state index in [1.54, 1.807) is 43.3 Å². The quantitative estimate of drug-likeness (QED) is 0.367. The number of carbonyl (C=O) groups is 2. The first-order chi connectivity index (χ1) is 16.6. The zero-order chi connectivity index (χ0) is 25.7. The Morgan fingerprint density at radius 2 is 1.83 bits per heavy atom. The maximum absolute atomic E-state index is 13.0. The van der Waals surface area contributed by atoms with Gasteiger partial charge in [-0.05, 0) is 54.3 Å². The normalized spacial score (nSPS) is 11.5. The summed E-state index contributed by atoms with van der Waals surface area (Å²) in [6.07, 6.45) is 0.998. The minimum absolute atomic E-state index is 0.126. The number of nitrogens with one attached hydrogen (secondary N) is 2. The van der Waals surface area contributed by atoms with Gasteiger partial charge in [-0.15, -0.1) is 0 Å². The van der Waals surface area contributed by atoms with Crippen molar-refractivity contribution < 1.29 is 24.5 Å². The number of pyridine rings is 1. The van der Waals surface area contributed by atoms with Crippen molar-refractivity contribution in [1.29, 1.82) is 0 Å². The molecular formula is C25H26ClN3O6. The van der Waals surface area contributed by atoms with Gasteiger partial charge in [0.2, 0.25) is 0 Å². The van der Waals surface area contributed by atoms with Gasteiger partial charge in [-0.3, -0.25) is 9.59 Å². The molecule has 1 heterocycles. The number of carboxylic acids is 1. The number of aliphatic carboxylic acids is 1. The summed E-state index contributed by atoms with van der Waals surface area (Å²) in [6, 6.07) is 9.93. The number of benzene rings is 2. The summed E-state index contributed by atoms with van der Waals surface area (Å²) in [5.74, 6) is -0.905. The lowest BCUT2D eigenvalue weighted by Gasteiger charge is -2.22. The number of methoxy groups -OCH3 is 1. The van der Waals surface area contributed by atoms with Crippen LogP contribution < -0.4 is 20.9 Å². The molecule has 2 amide bonds. The van der Waals surface area contributed by atoms with E-state index in [-0.39, 0.29) is 12.2 Å². The van der Waals surface area contributed by atoms with Crippen molar-refractivity contribution in [2.24, 2.45) is 0 Å². The third kappa shape index (κ3) is 5.93. The molecule has 0 aliphatic rings. The van der Waals surface area contributed by atoms with E-state index >= 15 is 0 Å². The van der Waals surface area contributed by atoms with Crippen LogP contribution in [0, 0.1) is 13.8 Å². The van der Waals surface area contributed by atoms with Crippen molar-refractivity contribution in [2.75, 3.05) is 12.4 Å². The Balaban J connectivity index is 1.86. The van der Waals surface area contributed by atoms with E-state index in [2.05, 4.69) is 10.6 Å². The van der Waals surface area contributed by atoms with Crippen molar-refractivity contribution >= 4 is 29.3 Å². The topological polar surface area (TPSA) is 130 Å². The second-order valence-corrected chi connectivity index (χ2v) is 8.36. The largest absolute Gasteiger partial charge is 0.505 e. The van der Waals surface area contributed by atoms with Crippen LogP contribution in [0.2, 0.25) is 5.02 Å². The first-order valence-electron chi connectivity index (χ1n) is 10.7. The van der Waals surface area contributed by atoms with Gasteiger partial charge < -0.3 is 30.2 Å². The number of anilines is 1. The molecule has 0 aliphatic heterocycles. The number of carboxylic acid groups (broad SMARTS) is 1. The molecule has 3 rings (SSSR count). The average Bonchev–Trinajstić information content (AvgIpc) is 2.81. The van der Waals surface area contributed by atoms with Crippen LogP contribution in [-0.2, 0) is 11.3 Å². The summed E-state index contributed by atoms with van der Waals surface area (Å²) in [6.45, 7) is 3.76. The van der Waals surface area contributed by atoms with E-state index < -0.39 is 35.8 Å². The highest BCUT2D eigenvalue weighted by Gasteiger charge is 2.23. The predicted octanol–water partition coefficient (Wildman–Crippen LogP) is 4.22. The molecule has 0 bridgehead atoms. The third-order valence-corrected chi connectivity index (χ3v) is 6.11. The highest BCUT2D eigenvalue weighted by molar-refractivity contribution is 6.31. The van der Waals surface area contributed by atoms with Crippen LogP contribution in [-0.4, -0.2) is 33.9 Å². The lowest BCUT2D eigenvalue weighted by atomic mass is 9.95. The molecule has 0 fully saturated rings. The maximum atomic E-state index is 13.0. The second-order valence-electron chi connectivity index (χ2n) is 7.96. The molecule has 184 valence electrons. The number of rotatable bonds is 8. The number of amides is 2. The Bertz CT molecular complexity index is 1320. The SMILES string of the molecule is COc1ccc([C@H](CC(=O)O)NC(=O)Nc2c(O)ccn(Cc3ccccc3Cl)c2=O)c(C)c1C. The Morgan fingerprint density at radius 1 is 1.11 bits per heavy atom. The first-order valence-corrected chi connectivity index (χ1v) is 11.1. The van der Waals surface area contributed by atoms with E-state index in [1.165, 1.54) is 23.9 Å². The van der Waals surface area contributed by atoms with Gasteiger partial charge in [-0.25, -0.2) is 4.79 Å². The zero-order valence-corrected chi connectivity index (χ0v) is 20.2. The fourth-order valence-corrected chi connectivity index (χ4v) is 3.95. The van der Waals surface area contributed by atoms with Crippen LogP contribution in [0.15, 0.2) is 53.5 Å². The smallest absolute Gasteiger partial charge is 0.319 e. The summed E-state index contributed by atoms with van der Waals surface area (Å²) in [7, 11) is 1.53. The van der Waals surface area contributed by atoms with E-state index in [1.807, 2.05) is 6.92 Å². The molecule has 3 aromatic rings. The number of ether oxygens (including phenoxy) is 1. The lowest BCUT2D eigenvalue weighted by Crippen LogP contribution is -2.36. The second kappa shape index (κ2) is 11.0. The fourth-order valence-electron chi connectivity index (χ4n) is 3.75. The number of nitrogens with zero attached hydrogens (tertiary/aromatic N) is 1. The maximum Gasteiger partial charge on any atom is 0.319 e. The molecule has 9 nitrogen and oxygen atoms in total. The van der Waals surface area contributed by atoms with E-state index in [0.717, 1.165) is 11.1 Å². The van der Waals surface area contributed by atoms with Gasteiger partial charge in [-0.1, -0.05) is 35.9 Å². The minimum Gasteiger partial charge on any atom is -0.505 e. The monoisotopic (exact) mass is 499 g/mol. The van der Waals surface area contributed by atoms with Crippen molar-refractivity contribution in [3.63, 3.8) is 0 Å². The molecule has 35 heavy (non-hydrogen) atoms. The Kier molecular flexibility index (Phi) is 8.03. The molecule has 0 spiro atoms. The lowest BCUT2D eigenvalue weighted by molar-refractivity contribution is -0.137. The third-order valence-electron chi connectivity index (χ3n) is 5.74. The number of hydrogen-bond donors (Lipinski definition) is 4. The molecule has 1 atom stereocenters. The number of carbonyl (C=O) groups excluding carboxylic acids is 1. The number of halogens is 1. The van der Waals surface area contributed by atoms with Crippen LogP contribution in [0.1, 0.15) is 34.7 Å². The zero-order valence-electron chi connectivity index (χ0n) is 19.5. The van der Waals surface area contributed by atoms with Gasteiger partial charge in [0.1, 0.15) is 11.5 Å². The molecule has 4 N–H and O–H groups in total. The fraction of sp³-hybridized carbons (Fsp3) is 0.240. The summed E-state index contributed by atoms with van der Waals surface area (Å²) in [5, 5.41) is 25.1. The van der Waals surface area contributed by atoms with Gasteiger partial charge in [0.05, 0.1) is 26.1 Å². The molecule has 1 aromatic heterocycles. The molecule has 0 saturated heterocycles. The molecule has 0 unspecified atom stereocenters. The van der Waals surface area contributed by atoms with Crippen LogP contribution >= 0.6 is 11.6 Å². The Morgan fingerprint density at radius 3 is 2.49 bits per heavy atom. The summed E-state index contributed by atoms with van der Waals surface area (Å²) >= 11 is 6.18. The number of aromatic nitrogens is 1. The average molecular weight is 500 g/mol. The molecule has 2 aromatic carbocycles. The van der Waals surface area contributed by atoms with Gasteiger partial charge in [0.25, 0.3) is 5.56 Å². The van der Waals surface area contributed by atoms with Gasteiger partial charge >= 0.3 is 12.0 Å². The van der Waals surface area contributed by atoms with E-state index in [4.69, 9.17) is 16.3 Å². The number of aromatic hydroxyl groups is 1. The molecule has 0 radical (unpaired) electrons. The van der Waals surface area contributed by atoms with Gasteiger partial charge in [-0.2, -0.15) is 0 Å².